The Kier molecular flexibility index (Phi) is 2.88. The van der Waals surface area contributed by atoms with Gasteiger partial charge in [0.2, 0.25) is 0 Å². The Morgan fingerprint density at radius 3 is 2.69 bits per heavy atom. The van der Waals surface area contributed by atoms with E-state index >= 15 is 0 Å². The minimum atomic E-state index is -0.0293. The lowest BCUT2D eigenvalue weighted by atomic mass is 9.93. The maximum absolute atomic E-state index is 5.25. The van der Waals surface area contributed by atoms with Crippen LogP contribution in [0.3, 0.4) is 0 Å². The van der Waals surface area contributed by atoms with Gasteiger partial charge < -0.3 is 15.2 Å². The van der Waals surface area contributed by atoms with E-state index in [-0.39, 0.29) is 5.41 Å². The molecule has 0 aromatic carbocycles. The Labute approximate surface area is 101 Å². The predicted molar refractivity (Wildman–Crippen MR) is 67.6 cm³/mol. The van der Waals surface area contributed by atoms with Gasteiger partial charge in [-0.1, -0.05) is 25.9 Å². The Bertz CT molecular complexity index is 390. The summed E-state index contributed by atoms with van der Waals surface area (Å²) in [6.45, 7) is 6.24. The van der Waals surface area contributed by atoms with E-state index in [0.717, 1.165) is 5.76 Å². The quantitative estimate of drug-likeness (QED) is 0.776. The molecule has 88 valence electrons. The van der Waals surface area contributed by atoms with Crippen molar-refractivity contribution >= 4 is 23.1 Å². The van der Waals surface area contributed by atoms with Crippen molar-refractivity contribution in [1.82, 2.24) is 10.5 Å². The van der Waals surface area contributed by atoms with Crippen molar-refractivity contribution in [3.05, 3.63) is 11.8 Å². The number of hydrogen-bond acceptors (Lipinski definition) is 3. The van der Waals surface area contributed by atoms with Crippen LogP contribution in [0.1, 0.15) is 39.4 Å². The minimum absolute atomic E-state index is 0.0293. The van der Waals surface area contributed by atoms with Crippen molar-refractivity contribution in [2.24, 2.45) is 0 Å². The predicted octanol–water partition coefficient (Wildman–Crippen LogP) is 2.42. The third-order valence-electron chi connectivity index (χ3n) is 2.40. The summed E-state index contributed by atoms with van der Waals surface area (Å²) in [6.07, 6.45) is 2.40. The fraction of sp³-hybridized carbons (Fsp3) is 0.636. The molecule has 0 spiro atoms. The molecule has 1 heterocycles. The molecule has 1 aliphatic carbocycles. The second kappa shape index (κ2) is 4.05. The van der Waals surface area contributed by atoms with Crippen molar-refractivity contribution in [3.63, 3.8) is 0 Å². The standard InChI is InChI=1S/C11H17N3OS/c1-11(2,3)8-6-9(14-15-8)13-10(16)12-7-4-5-7/h6-7H,4-5H2,1-3H3,(H2,12,13,14,16). The molecule has 1 aromatic heterocycles. The van der Waals surface area contributed by atoms with E-state index in [2.05, 4.69) is 36.6 Å². The molecule has 0 aliphatic heterocycles. The summed E-state index contributed by atoms with van der Waals surface area (Å²) in [5.41, 5.74) is -0.0293. The average molecular weight is 239 g/mol. The fourth-order valence-electron chi connectivity index (χ4n) is 1.25. The van der Waals surface area contributed by atoms with Crippen molar-refractivity contribution in [3.8, 4) is 0 Å². The van der Waals surface area contributed by atoms with E-state index in [9.17, 15) is 0 Å². The number of hydrogen-bond donors (Lipinski definition) is 2. The van der Waals surface area contributed by atoms with Crippen molar-refractivity contribution in [2.75, 3.05) is 5.32 Å². The highest BCUT2D eigenvalue weighted by atomic mass is 32.1. The number of nitrogens with one attached hydrogen (secondary N) is 2. The van der Waals surface area contributed by atoms with Gasteiger partial charge in [0.25, 0.3) is 0 Å². The Morgan fingerprint density at radius 1 is 1.50 bits per heavy atom. The average Bonchev–Trinajstić information content (AvgIpc) is 2.80. The highest BCUT2D eigenvalue weighted by Crippen LogP contribution is 2.24. The van der Waals surface area contributed by atoms with Gasteiger partial charge in [-0.25, -0.2) is 0 Å². The summed E-state index contributed by atoms with van der Waals surface area (Å²) < 4.78 is 5.25. The van der Waals surface area contributed by atoms with Crippen LogP contribution in [0.5, 0.6) is 0 Å². The second-order valence-corrected chi connectivity index (χ2v) is 5.61. The van der Waals surface area contributed by atoms with Gasteiger partial charge in [-0.2, -0.15) is 0 Å². The van der Waals surface area contributed by atoms with E-state index in [0.29, 0.717) is 17.0 Å². The van der Waals surface area contributed by atoms with Crippen LogP contribution in [0.2, 0.25) is 0 Å². The van der Waals surface area contributed by atoms with Gasteiger partial charge in [-0.3, -0.25) is 0 Å². The van der Waals surface area contributed by atoms with Gasteiger partial charge in [0.15, 0.2) is 10.9 Å². The van der Waals surface area contributed by atoms with Crippen LogP contribution >= 0.6 is 12.2 Å². The molecule has 1 saturated carbocycles. The molecule has 0 radical (unpaired) electrons. The molecule has 0 unspecified atom stereocenters. The maximum Gasteiger partial charge on any atom is 0.175 e. The summed E-state index contributed by atoms with van der Waals surface area (Å²) in [7, 11) is 0. The zero-order chi connectivity index (χ0) is 11.8. The molecule has 2 rings (SSSR count). The first-order valence-electron chi connectivity index (χ1n) is 5.50. The Balaban J connectivity index is 1.93. The highest BCUT2D eigenvalue weighted by molar-refractivity contribution is 7.80. The summed E-state index contributed by atoms with van der Waals surface area (Å²) in [4.78, 5) is 0. The second-order valence-electron chi connectivity index (χ2n) is 5.20. The number of thiocarbonyl (C=S) groups is 1. The zero-order valence-corrected chi connectivity index (χ0v) is 10.6. The fourth-order valence-corrected chi connectivity index (χ4v) is 1.52. The normalized spacial score (nSPS) is 15.9. The van der Waals surface area contributed by atoms with Crippen LogP contribution in [0.4, 0.5) is 5.82 Å². The molecule has 16 heavy (non-hydrogen) atoms. The zero-order valence-electron chi connectivity index (χ0n) is 9.83. The van der Waals surface area contributed by atoms with E-state index < -0.39 is 0 Å². The number of aromatic nitrogens is 1. The smallest absolute Gasteiger partial charge is 0.175 e. The Hall–Kier alpha value is -1.10. The maximum atomic E-state index is 5.25. The summed E-state index contributed by atoms with van der Waals surface area (Å²) in [5.74, 6) is 1.52. The summed E-state index contributed by atoms with van der Waals surface area (Å²) in [6, 6.07) is 2.44. The minimum Gasteiger partial charge on any atom is -0.360 e. The molecule has 2 N–H and O–H groups in total. The van der Waals surface area contributed by atoms with Crippen molar-refractivity contribution in [1.29, 1.82) is 0 Å². The van der Waals surface area contributed by atoms with Crippen LogP contribution in [0.15, 0.2) is 10.6 Å². The lowest BCUT2D eigenvalue weighted by Crippen LogP contribution is -2.30. The first-order valence-corrected chi connectivity index (χ1v) is 5.91. The molecule has 0 saturated heterocycles. The van der Waals surface area contributed by atoms with E-state index in [1.54, 1.807) is 0 Å². The molecule has 1 aromatic rings. The first kappa shape index (κ1) is 11.4. The summed E-state index contributed by atoms with van der Waals surface area (Å²) >= 11 is 5.15. The van der Waals surface area contributed by atoms with Crippen LogP contribution < -0.4 is 10.6 Å². The molecule has 0 atom stereocenters. The SMILES string of the molecule is CC(C)(C)c1cc(NC(=S)NC2CC2)no1. The topological polar surface area (TPSA) is 50.1 Å². The lowest BCUT2D eigenvalue weighted by molar-refractivity contribution is 0.331. The lowest BCUT2D eigenvalue weighted by Gasteiger charge is -2.12. The molecule has 0 amide bonds. The van der Waals surface area contributed by atoms with Crippen molar-refractivity contribution < 1.29 is 4.52 Å². The van der Waals surface area contributed by atoms with Crippen LogP contribution in [0, 0.1) is 0 Å². The molecule has 4 nitrogen and oxygen atoms in total. The third-order valence-corrected chi connectivity index (χ3v) is 2.62. The van der Waals surface area contributed by atoms with Gasteiger partial charge in [0.1, 0.15) is 5.76 Å². The summed E-state index contributed by atoms with van der Waals surface area (Å²) in [5, 5.41) is 10.8. The van der Waals surface area contributed by atoms with E-state index in [1.165, 1.54) is 12.8 Å². The number of anilines is 1. The van der Waals surface area contributed by atoms with Gasteiger partial charge in [0, 0.05) is 17.5 Å². The molecule has 1 fully saturated rings. The first-order chi connectivity index (χ1) is 7.45. The third kappa shape index (κ3) is 2.95. The van der Waals surface area contributed by atoms with Gasteiger partial charge in [-0.15, -0.1) is 0 Å². The van der Waals surface area contributed by atoms with Crippen LogP contribution in [0.25, 0.3) is 0 Å². The van der Waals surface area contributed by atoms with Gasteiger partial charge in [-0.05, 0) is 25.1 Å². The molecule has 0 bridgehead atoms. The largest absolute Gasteiger partial charge is 0.360 e. The van der Waals surface area contributed by atoms with Gasteiger partial charge in [0.05, 0.1) is 0 Å². The molecular weight excluding hydrogens is 222 g/mol. The monoisotopic (exact) mass is 239 g/mol. The molecule has 5 heteroatoms. The molecular formula is C11H17N3OS. The highest BCUT2D eigenvalue weighted by Gasteiger charge is 2.23. The number of nitrogens with zero attached hydrogens (tertiary/aromatic N) is 1. The van der Waals surface area contributed by atoms with Crippen LogP contribution in [-0.4, -0.2) is 16.3 Å². The van der Waals surface area contributed by atoms with Crippen molar-refractivity contribution in [2.45, 2.75) is 45.1 Å². The molecule has 1 aliphatic rings. The van der Waals surface area contributed by atoms with E-state index in [1.807, 2.05) is 6.07 Å². The number of rotatable bonds is 2. The Morgan fingerprint density at radius 2 is 2.19 bits per heavy atom. The van der Waals surface area contributed by atoms with E-state index in [4.69, 9.17) is 16.7 Å². The van der Waals surface area contributed by atoms with Crippen LogP contribution in [-0.2, 0) is 5.41 Å². The van der Waals surface area contributed by atoms with Gasteiger partial charge >= 0.3 is 0 Å².